The van der Waals surface area contributed by atoms with Gasteiger partial charge in [-0.2, -0.15) is 5.10 Å². The number of nitrogens with zero attached hydrogens (tertiary/aromatic N) is 2. The number of aromatic carboxylic acids is 1. The number of carbonyl (C=O) groups is 1. The maximum atomic E-state index is 12.3. The zero-order valence-corrected chi connectivity index (χ0v) is 13.1. The first-order valence-electron chi connectivity index (χ1n) is 6.92. The molecule has 0 atom stereocenters. The molecule has 0 aliphatic heterocycles. The Morgan fingerprint density at radius 1 is 1.04 bits per heavy atom. The molecule has 0 aliphatic carbocycles. The Balaban J connectivity index is 1.80. The molecule has 122 valence electrons. The summed E-state index contributed by atoms with van der Waals surface area (Å²) in [5, 5.41) is 12.9. The lowest BCUT2D eigenvalue weighted by atomic mass is 10.2. The molecule has 0 spiro atoms. The van der Waals surface area contributed by atoms with Crippen molar-refractivity contribution in [2.75, 3.05) is 4.72 Å². The van der Waals surface area contributed by atoms with Crippen molar-refractivity contribution in [3.63, 3.8) is 0 Å². The van der Waals surface area contributed by atoms with E-state index in [2.05, 4.69) is 9.82 Å². The van der Waals surface area contributed by atoms with Crippen LogP contribution in [0.3, 0.4) is 0 Å². The van der Waals surface area contributed by atoms with E-state index in [4.69, 9.17) is 5.11 Å². The number of carboxylic acid groups (broad SMARTS) is 1. The Labute approximate surface area is 138 Å². The lowest BCUT2D eigenvalue weighted by molar-refractivity contribution is 0.0696. The topological polar surface area (TPSA) is 101 Å². The van der Waals surface area contributed by atoms with Gasteiger partial charge in [-0.1, -0.05) is 0 Å². The number of hydrogen-bond donors (Lipinski definition) is 2. The first kappa shape index (κ1) is 15.8. The van der Waals surface area contributed by atoms with Gasteiger partial charge in [0, 0.05) is 18.1 Å². The quantitative estimate of drug-likeness (QED) is 0.740. The molecule has 0 bridgehead atoms. The second-order valence-electron chi connectivity index (χ2n) is 4.93. The second kappa shape index (κ2) is 6.17. The molecule has 0 amide bonds. The second-order valence-corrected chi connectivity index (χ2v) is 6.61. The number of rotatable bonds is 5. The standard InChI is InChI=1S/C16H13N3O4S/c20-16(21)12-2-8-15(9-3-12)24(22,23)18-13-4-6-14(7-5-13)19-11-1-10-17-19/h1-11,18H,(H,20,21). The minimum atomic E-state index is -3.79. The summed E-state index contributed by atoms with van der Waals surface area (Å²) in [6.07, 6.45) is 3.43. The van der Waals surface area contributed by atoms with Gasteiger partial charge in [0.05, 0.1) is 16.1 Å². The van der Waals surface area contributed by atoms with E-state index in [1.807, 2.05) is 0 Å². The van der Waals surface area contributed by atoms with Gasteiger partial charge in [-0.15, -0.1) is 0 Å². The number of hydrogen-bond acceptors (Lipinski definition) is 4. The van der Waals surface area contributed by atoms with Crippen molar-refractivity contribution in [1.82, 2.24) is 9.78 Å². The molecule has 3 rings (SSSR count). The van der Waals surface area contributed by atoms with E-state index in [0.29, 0.717) is 5.69 Å². The summed E-state index contributed by atoms with van der Waals surface area (Å²) >= 11 is 0. The molecule has 7 nitrogen and oxygen atoms in total. The van der Waals surface area contributed by atoms with Crippen molar-refractivity contribution in [3.05, 3.63) is 72.6 Å². The summed E-state index contributed by atoms with van der Waals surface area (Å²) in [5.41, 5.74) is 1.22. The van der Waals surface area contributed by atoms with E-state index in [9.17, 15) is 13.2 Å². The highest BCUT2D eigenvalue weighted by Gasteiger charge is 2.15. The number of anilines is 1. The lowest BCUT2D eigenvalue weighted by Gasteiger charge is -2.09. The maximum Gasteiger partial charge on any atom is 0.335 e. The van der Waals surface area contributed by atoms with Crippen LogP contribution in [0.1, 0.15) is 10.4 Å². The molecule has 2 aromatic carbocycles. The number of benzene rings is 2. The van der Waals surface area contributed by atoms with Crippen LogP contribution in [0, 0.1) is 0 Å². The van der Waals surface area contributed by atoms with Gasteiger partial charge in [0.2, 0.25) is 0 Å². The molecule has 0 saturated heterocycles. The van der Waals surface area contributed by atoms with Crippen LogP contribution in [-0.4, -0.2) is 29.3 Å². The fraction of sp³-hybridized carbons (Fsp3) is 0. The van der Waals surface area contributed by atoms with Crippen molar-refractivity contribution in [2.24, 2.45) is 0 Å². The predicted molar refractivity (Wildman–Crippen MR) is 87.8 cm³/mol. The van der Waals surface area contributed by atoms with Crippen LogP contribution in [-0.2, 0) is 10.0 Å². The van der Waals surface area contributed by atoms with Crippen molar-refractivity contribution >= 4 is 21.7 Å². The molecular weight excluding hydrogens is 330 g/mol. The van der Waals surface area contributed by atoms with Gasteiger partial charge in [-0.05, 0) is 54.6 Å². The van der Waals surface area contributed by atoms with Crippen LogP contribution in [0.4, 0.5) is 5.69 Å². The number of sulfonamides is 1. The molecular formula is C16H13N3O4S. The smallest absolute Gasteiger partial charge is 0.335 e. The predicted octanol–water partition coefficient (Wildman–Crippen LogP) is 2.37. The molecule has 0 radical (unpaired) electrons. The zero-order chi connectivity index (χ0) is 17.2. The maximum absolute atomic E-state index is 12.3. The Morgan fingerprint density at radius 2 is 1.71 bits per heavy atom. The first-order valence-corrected chi connectivity index (χ1v) is 8.40. The third-order valence-corrected chi connectivity index (χ3v) is 4.70. The molecule has 0 unspecified atom stereocenters. The Morgan fingerprint density at radius 3 is 2.25 bits per heavy atom. The third kappa shape index (κ3) is 3.28. The van der Waals surface area contributed by atoms with Crippen molar-refractivity contribution < 1.29 is 18.3 Å². The van der Waals surface area contributed by atoms with E-state index in [-0.39, 0.29) is 10.5 Å². The Bertz CT molecular complexity index is 948. The normalized spacial score (nSPS) is 11.2. The van der Waals surface area contributed by atoms with Crippen LogP contribution in [0.25, 0.3) is 5.69 Å². The Hall–Kier alpha value is -3.13. The number of nitrogens with one attached hydrogen (secondary N) is 1. The van der Waals surface area contributed by atoms with Gasteiger partial charge in [0.1, 0.15) is 0 Å². The van der Waals surface area contributed by atoms with Gasteiger partial charge in [-0.25, -0.2) is 17.9 Å². The third-order valence-electron chi connectivity index (χ3n) is 3.30. The summed E-state index contributed by atoms with van der Waals surface area (Å²) in [7, 11) is -3.79. The summed E-state index contributed by atoms with van der Waals surface area (Å²) in [6, 6.07) is 13.5. The van der Waals surface area contributed by atoms with Crippen LogP contribution < -0.4 is 4.72 Å². The van der Waals surface area contributed by atoms with E-state index >= 15 is 0 Å². The molecule has 0 saturated carbocycles. The summed E-state index contributed by atoms with van der Waals surface area (Å²) < 4.78 is 28.7. The lowest BCUT2D eigenvalue weighted by Crippen LogP contribution is -2.13. The van der Waals surface area contributed by atoms with E-state index in [1.54, 1.807) is 47.4 Å². The molecule has 3 aromatic rings. The highest BCUT2D eigenvalue weighted by atomic mass is 32.2. The van der Waals surface area contributed by atoms with Crippen molar-refractivity contribution in [3.8, 4) is 5.69 Å². The fourth-order valence-corrected chi connectivity index (χ4v) is 3.15. The van der Waals surface area contributed by atoms with Crippen LogP contribution in [0.5, 0.6) is 0 Å². The monoisotopic (exact) mass is 343 g/mol. The molecule has 2 N–H and O–H groups in total. The summed E-state index contributed by atoms with van der Waals surface area (Å²) in [5.74, 6) is -1.11. The van der Waals surface area contributed by atoms with Crippen LogP contribution in [0.15, 0.2) is 71.9 Å². The molecule has 8 heteroatoms. The summed E-state index contributed by atoms with van der Waals surface area (Å²) in [4.78, 5) is 10.8. The highest BCUT2D eigenvalue weighted by Crippen LogP contribution is 2.18. The average molecular weight is 343 g/mol. The fourth-order valence-electron chi connectivity index (χ4n) is 2.09. The van der Waals surface area contributed by atoms with E-state index in [1.165, 1.54) is 24.3 Å². The Kier molecular flexibility index (Phi) is 4.05. The van der Waals surface area contributed by atoms with Crippen molar-refractivity contribution in [1.29, 1.82) is 0 Å². The van der Waals surface area contributed by atoms with Crippen molar-refractivity contribution in [2.45, 2.75) is 4.90 Å². The number of aromatic nitrogens is 2. The molecule has 1 aromatic heterocycles. The van der Waals surface area contributed by atoms with E-state index < -0.39 is 16.0 Å². The van der Waals surface area contributed by atoms with E-state index in [0.717, 1.165) is 5.69 Å². The van der Waals surface area contributed by atoms with Gasteiger partial charge in [0.25, 0.3) is 10.0 Å². The first-order chi connectivity index (χ1) is 11.5. The largest absolute Gasteiger partial charge is 0.478 e. The van der Waals surface area contributed by atoms with Gasteiger partial charge in [0.15, 0.2) is 0 Å². The molecule has 0 fully saturated rings. The van der Waals surface area contributed by atoms with Crippen LogP contribution >= 0.6 is 0 Å². The minimum absolute atomic E-state index is 0.0105. The molecule has 0 aliphatic rings. The summed E-state index contributed by atoms with van der Waals surface area (Å²) in [6.45, 7) is 0. The zero-order valence-electron chi connectivity index (χ0n) is 12.3. The molecule has 1 heterocycles. The minimum Gasteiger partial charge on any atom is -0.478 e. The average Bonchev–Trinajstić information content (AvgIpc) is 3.10. The van der Waals surface area contributed by atoms with Gasteiger partial charge >= 0.3 is 5.97 Å². The SMILES string of the molecule is O=C(O)c1ccc(S(=O)(=O)Nc2ccc(-n3cccn3)cc2)cc1. The van der Waals surface area contributed by atoms with Gasteiger partial charge in [-0.3, -0.25) is 4.72 Å². The highest BCUT2D eigenvalue weighted by molar-refractivity contribution is 7.92. The molecule has 24 heavy (non-hydrogen) atoms. The van der Waals surface area contributed by atoms with Crippen LogP contribution in [0.2, 0.25) is 0 Å². The van der Waals surface area contributed by atoms with Gasteiger partial charge < -0.3 is 5.11 Å². The number of carboxylic acids is 1.